The first kappa shape index (κ1) is 10.7. The molecule has 1 aliphatic rings. The molecule has 3 heteroatoms. The summed E-state index contributed by atoms with van der Waals surface area (Å²) in [4.78, 5) is 2.36. The number of nitrogens with zero attached hydrogens (tertiary/aromatic N) is 1. The molecule has 1 heterocycles. The van der Waals surface area contributed by atoms with Crippen LogP contribution in [0.1, 0.15) is 11.1 Å². The number of halogens is 1. The first-order chi connectivity index (χ1) is 8.24. The van der Waals surface area contributed by atoms with Crippen molar-refractivity contribution in [1.29, 1.82) is 0 Å². The summed E-state index contributed by atoms with van der Waals surface area (Å²) < 4.78 is 1.14. The average Bonchev–Trinajstić information content (AvgIpc) is 2.72. The van der Waals surface area contributed by atoms with E-state index < -0.39 is 0 Å². The number of fused-ring (bicyclic) bond motifs is 1. The van der Waals surface area contributed by atoms with E-state index in [4.69, 9.17) is 5.73 Å². The van der Waals surface area contributed by atoms with Crippen LogP contribution in [0.25, 0.3) is 0 Å². The molecule has 0 fully saturated rings. The standard InChI is InChI=1S/C14H13BrN2/c15-13-3-1-2-4-14(13)17-8-10-5-6-12(16)7-11(10)9-17/h1-7H,8-9,16H2. The third-order valence-corrected chi connectivity index (χ3v) is 3.82. The maximum Gasteiger partial charge on any atom is 0.0516 e. The fourth-order valence-corrected chi connectivity index (χ4v) is 2.83. The second-order valence-corrected chi connectivity index (χ2v) is 5.19. The molecule has 0 amide bonds. The Morgan fingerprint density at radius 3 is 2.59 bits per heavy atom. The highest BCUT2D eigenvalue weighted by Crippen LogP contribution is 2.33. The van der Waals surface area contributed by atoms with Gasteiger partial charge in [0.15, 0.2) is 0 Å². The minimum Gasteiger partial charge on any atom is -0.399 e. The molecule has 2 nitrogen and oxygen atoms in total. The number of benzene rings is 2. The van der Waals surface area contributed by atoms with Crippen LogP contribution in [0.5, 0.6) is 0 Å². The first-order valence-electron chi connectivity index (χ1n) is 5.61. The van der Waals surface area contributed by atoms with E-state index in [9.17, 15) is 0 Å². The van der Waals surface area contributed by atoms with E-state index >= 15 is 0 Å². The van der Waals surface area contributed by atoms with Crippen LogP contribution in [-0.4, -0.2) is 0 Å². The molecule has 0 saturated heterocycles. The number of nitrogens with two attached hydrogens (primary N) is 1. The number of hydrogen-bond acceptors (Lipinski definition) is 2. The van der Waals surface area contributed by atoms with Crippen LogP contribution >= 0.6 is 15.9 Å². The van der Waals surface area contributed by atoms with Gasteiger partial charge < -0.3 is 10.6 Å². The Kier molecular flexibility index (Phi) is 2.56. The van der Waals surface area contributed by atoms with Crippen LogP contribution < -0.4 is 10.6 Å². The van der Waals surface area contributed by atoms with Gasteiger partial charge in [-0.3, -0.25) is 0 Å². The molecule has 0 atom stereocenters. The Morgan fingerprint density at radius 2 is 1.76 bits per heavy atom. The van der Waals surface area contributed by atoms with Crippen molar-refractivity contribution < 1.29 is 0 Å². The molecule has 0 spiro atoms. The van der Waals surface area contributed by atoms with Gasteiger partial charge in [0.2, 0.25) is 0 Å². The summed E-state index contributed by atoms with van der Waals surface area (Å²) in [6.45, 7) is 1.89. The van der Waals surface area contributed by atoms with Crippen LogP contribution in [0.4, 0.5) is 11.4 Å². The molecule has 0 unspecified atom stereocenters. The zero-order chi connectivity index (χ0) is 11.8. The van der Waals surface area contributed by atoms with Crippen LogP contribution in [0, 0.1) is 0 Å². The molecule has 0 saturated carbocycles. The lowest BCUT2D eigenvalue weighted by atomic mass is 10.1. The van der Waals surface area contributed by atoms with E-state index in [-0.39, 0.29) is 0 Å². The van der Waals surface area contributed by atoms with E-state index in [1.165, 1.54) is 16.8 Å². The molecule has 2 N–H and O–H groups in total. The van der Waals surface area contributed by atoms with Crippen LogP contribution in [0.15, 0.2) is 46.9 Å². The van der Waals surface area contributed by atoms with E-state index in [0.717, 1.165) is 23.2 Å². The van der Waals surface area contributed by atoms with Gasteiger partial charge in [0, 0.05) is 23.2 Å². The topological polar surface area (TPSA) is 29.3 Å². The summed E-state index contributed by atoms with van der Waals surface area (Å²) in [5, 5.41) is 0. The highest BCUT2D eigenvalue weighted by molar-refractivity contribution is 9.10. The molecule has 1 aliphatic heterocycles. The van der Waals surface area contributed by atoms with Crippen molar-refractivity contribution >= 4 is 27.3 Å². The molecular formula is C14H13BrN2. The Hall–Kier alpha value is -1.48. The number of para-hydroxylation sites is 1. The van der Waals surface area contributed by atoms with Crippen molar-refractivity contribution in [3.05, 3.63) is 58.1 Å². The predicted molar refractivity (Wildman–Crippen MR) is 74.9 cm³/mol. The lowest BCUT2D eigenvalue weighted by molar-refractivity contribution is 0.877. The maximum atomic E-state index is 5.82. The van der Waals surface area contributed by atoms with Crippen molar-refractivity contribution in [2.45, 2.75) is 13.1 Å². The van der Waals surface area contributed by atoms with Gasteiger partial charge in [-0.1, -0.05) is 18.2 Å². The minimum absolute atomic E-state index is 0.845. The van der Waals surface area contributed by atoms with Gasteiger partial charge in [-0.25, -0.2) is 0 Å². The van der Waals surface area contributed by atoms with Gasteiger partial charge in [-0.15, -0.1) is 0 Å². The summed E-state index contributed by atoms with van der Waals surface area (Å²) in [5.41, 5.74) is 10.6. The van der Waals surface area contributed by atoms with Crippen molar-refractivity contribution in [1.82, 2.24) is 0 Å². The summed E-state index contributed by atoms with van der Waals surface area (Å²) in [6, 6.07) is 14.5. The molecule has 0 bridgehead atoms. The fourth-order valence-electron chi connectivity index (χ4n) is 2.29. The van der Waals surface area contributed by atoms with Gasteiger partial charge in [0.05, 0.1) is 5.69 Å². The fraction of sp³-hybridized carbons (Fsp3) is 0.143. The lowest BCUT2D eigenvalue weighted by Crippen LogP contribution is -2.14. The highest BCUT2D eigenvalue weighted by atomic mass is 79.9. The monoisotopic (exact) mass is 288 g/mol. The zero-order valence-corrected chi connectivity index (χ0v) is 10.9. The van der Waals surface area contributed by atoms with Crippen molar-refractivity contribution in [3.8, 4) is 0 Å². The maximum absolute atomic E-state index is 5.82. The van der Waals surface area contributed by atoms with Gasteiger partial charge in [0.1, 0.15) is 0 Å². The van der Waals surface area contributed by atoms with Gasteiger partial charge in [-0.2, -0.15) is 0 Å². The molecule has 0 aromatic heterocycles. The summed E-state index contributed by atoms with van der Waals surface area (Å²) >= 11 is 3.60. The third kappa shape index (κ3) is 1.91. The first-order valence-corrected chi connectivity index (χ1v) is 6.40. The molecule has 3 rings (SSSR count). The molecular weight excluding hydrogens is 276 g/mol. The normalized spacial score (nSPS) is 13.8. The quantitative estimate of drug-likeness (QED) is 0.813. The molecule has 0 radical (unpaired) electrons. The number of rotatable bonds is 1. The van der Waals surface area contributed by atoms with E-state index in [2.05, 4.69) is 51.2 Å². The zero-order valence-electron chi connectivity index (χ0n) is 9.36. The van der Waals surface area contributed by atoms with E-state index in [1.807, 2.05) is 12.1 Å². The van der Waals surface area contributed by atoms with Crippen molar-refractivity contribution in [3.63, 3.8) is 0 Å². The van der Waals surface area contributed by atoms with E-state index in [0.29, 0.717) is 0 Å². The van der Waals surface area contributed by atoms with Crippen LogP contribution in [-0.2, 0) is 13.1 Å². The lowest BCUT2D eigenvalue weighted by Gasteiger charge is -2.19. The average molecular weight is 289 g/mol. The van der Waals surface area contributed by atoms with E-state index in [1.54, 1.807) is 0 Å². The summed E-state index contributed by atoms with van der Waals surface area (Å²) in [7, 11) is 0. The number of anilines is 2. The summed E-state index contributed by atoms with van der Waals surface area (Å²) in [6.07, 6.45) is 0. The second kappa shape index (κ2) is 4.08. The SMILES string of the molecule is Nc1ccc2c(c1)CN(c1ccccc1Br)C2. The second-order valence-electron chi connectivity index (χ2n) is 4.34. The number of nitrogen functional groups attached to an aromatic ring is 1. The third-order valence-electron chi connectivity index (χ3n) is 3.15. The Morgan fingerprint density at radius 1 is 1.00 bits per heavy atom. The molecule has 17 heavy (non-hydrogen) atoms. The van der Waals surface area contributed by atoms with Gasteiger partial charge in [0.25, 0.3) is 0 Å². The Bertz CT molecular complexity index is 566. The van der Waals surface area contributed by atoms with Gasteiger partial charge >= 0.3 is 0 Å². The minimum atomic E-state index is 0.845. The van der Waals surface area contributed by atoms with Crippen molar-refractivity contribution in [2.24, 2.45) is 0 Å². The van der Waals surface area contributed by atoms with Crippen molar-refractivity contribution in [2.75, 3.05) is 10.6 Å². The molecule has 0 aliphatic carbocycles. The Balaban J connectivity index is 1.94. The smallest absolute Gasteiger partial charge is 0.0516 e. The largest absolute Gasteiger partial charge is 0.399 e. The predicted octanol–water partition coefficient (Wildman–Crippen LogP) is 3.55. The van der Waals surface area contributed by atoms with Crippen LogP contribution in [0.2, 0.25) is 0 Å². The summed E-state index contributed by atoms with van der Waals surface area (Å²) in [5.74, 6) is 0. The molecule has 2 aromatic rings. The molecule has 86 valence electrons. The highest BCUT2D eigenvalue weighted by Gasteiger charge is 2.20. The van der Waals surface area contributed by atoms with Gasteiger partial charge in [-0.05, 0) is 51.3 Å². The molecule has 2 aromatic carbocycles. The van der Waals surface area contributed by atoms with Crippen LogP contribution in [0.3, 0.4) is 0 Å². The Labute approximate surface area is 109 Å². The number of hydrogen-bond donors (Lipinski definition) is 1.